The number of rotatable bonds is 7. The Labute approximate surface area is 182 Å². The van der Waals surface area contributed by atoms with Gasteiger partial charge in [-0.05, 0) is 61.3 Å². The molecule has 0 aliphatic carbocycles. The van der Waals surface area contributed by atoms with Crippen molar-refractivity contribution in [3.63, 3.8) is 0 Å². The summed E-state index contributed by atoms with van der Waals surface area (Å²) < 4.78 is 6.59. The Hall–Kier alpha value is -2.05. The number of carbonyl (C=O) groups excluding carboxylic acids is 1. The molecule has 0 spiro atoms. The molecular weight excluding hydrogens is 430 g/mol. The number of methoxy groups -OCH3 is 1. The number of likely N-dealkylation sites (N-methyl/N-ethyl adjacent to an activating group) is 1. The molecule has 0 radical (unpaired) electrons. The smallest absolute Gasteiger partial charge is 0.251 e. The van der Waals surface area contributed by atoms with Gasteiger partial charge >= 0.3 is 0 Å². The van der Waals surface area contributed by atoms with Gasteiger partial charge in [0.1, 0.15) is 5.75 Å². The number of piperazine rings is 1. The Morgan fingerprint density at radius 1 is 1.14 bits per heavy atom. The first-order valence-corrected chi connectivity index (χ1v) is 10.9. The SMILES string of the molecule is COc1ccc(C(C)CCNC(=O)c2ccc(Br)cc2)cc1N1CCN(C)CC1. The number of benzene rings is 2. The first-order chi connectivity index (χ1) is 14.0. The summed E-state index contributed by atoms with van der Waals surface area (Å²) in [5, 5.41) is 3.03. The van der Waals surface area contributed by atoms with Crippen molar-refractivity contribution in [1.82, 2.24) is 10.2 Å². The molecule has 1 heterocycles. The van der Waals surface area contributed by atoms with E-state index in [0.717, 1.165) is 42.8 Å². The number of nitrogens with one attached hydrogen (secondary N) is 1. The van der Waals surface area contributed by atoms with Crippen molar-refractivity contribution in [1.29, 1.82) is 0 Å². The van der Waals surface area contributed by atoms with E-state index < -0.39 is 0 Å². The van der Waals surface area contributed by atoms with Crippen LogP contribution in [0.1, 0.15) is 35.2 Å². The highest BCUT2D eigenvalue weighted by Crippen LogP contribution is 2.33. The molecule has 1 N–H and O–H groups in total. The van der Waals surface area contributed by atoms with Crippen molar-refractivity contribution in [2.75, 3.05) is 51.8 Å². The van der Waals surface area contributed by atoms with E-state index in [2.05, 4.69) is 63.2 Å². The van der Waals surface area contributed by atoms with Crippen LogP contribution in [-0.4, -0.2) is 57.7 Å². The maximum atomic E-state index is 12.3. The quantitative estimate of drug-likeness (QED) is 0.675. The molecule has 29 heavy (non-hydrogen) atoms. The minimum atomic E-state index is -0.0300. The largest absolute Gasteiger partial charge is 0.495 e. The van der Waals surface area contributed by atoms with E-state index in [1.807, 2.05) is 24.3 Å². The molecule has 1 atom stereocenters. The van der Waals surface area contributed by atoms with Crippen molar-refractivity contribution in [2.24, 2.45) is 0 Å². The van der Waals surface area contributed by atoms with Crippen molar-refractivity contribution < 1.29 is 9.53 Å². The van der Waals surface area contributed by atoms with Crippen LogP contribution in [0.15, 0.2) is 46.9 Å². The lowest BCUT2D eigenvalue weighted by Gasteiger charge is -2.35. The van der Waals surface area contributed by atoms with Crippen molar-refractivity contribution >= 4 is 27.5 Å². The van der Waals surface area contributed by atoms with Gasteiger partial charge in [0, 0.05) is 42.8 Å². The molecule has 0 saturated carbocycles. The Morgan fingerprint density at radius 3 is 2.48 bits per heavy atom. The van der Waals surface area contributed by atoms with Gasteiger partial charge in [0.05, 0.1) is 12.8 Å². The summed E-state index contributed by atoms with van der Waals surface area (Å²) in [6.45, 7) is 6.99. The highest BCUT2D eigenvalue weighted by molar-refractivity contribution is 9.10. The van der Waals surface area contributed by atoms with Gasteiger partial charge in [-0.1, -0.05) is 28.9 Å². The van der Waals surface area contributed by atoms with Crippen LogP contribution < -0.4 is 15.0 Å². The van der Waals surface area contributed by atoms with E-state index in [0.29, 0.717) is 18.0 Å². The molecule has 1 saturated heterocycles. The molecule has 1 aliphatic heterocycles. The maximum Gasteiger partial charge on any atom is 0.251 e. The van der Waals surface area contributed by atoms with Crippen LogP contribution in [0, 0.1) is 0 Å². The zero-order valence-corrected chi connectivity index (χ0v) is 19.0. The Bertz CT molecular complexity index is 817. The van der Waals surface area contributed by atoms with Crippen LogP contribution in [0.4, 0.5) is 5.69 Å². The summed E-state index contributed by atoms with van der Waals surface area (Å²) in [5.74, 6) is 1.24. The second-order valence-electron chi connectivity index (χ2n) is 7.67. The van der Waals surface area contributed by atoms with Gasteiger partial charge < -0.3 is 19.9 Å². The van der Waals surface area contributed by atoms with Gasteiger partial charge in [-0.15, -0.1) is 0 Å². The molecule has 1 aliphatic rings. The second-order valence-corrected chi connectivity index (χ2v) is 8.59. The number of halogens is 1. The number of hydrogen-bond donors (Lipinski definition) is 1. The number of carbonyl (C=O) groups is 1. The van der Waals surface area contributed by atoms with E-state index in [-0.39, 0.29) is 5.91 Å². The van der Waals surface area contributed by atoms with Crippen molar-refractivity contribution in [2.45, 2.75) is 19.3 Å². The van der Waals surface area contributed by atoms with E-state index in [1.54, 1.807) is 7.11 Å². The molecule has 0 aromatic heterocycles. The first kappa shape index (κ1) is 21.7. The zero-order chi connectivity index (χ0) is 20.8. The molecule has 2 aromatic rings. The molecule has 5 nitrogen and oxygen atoms in total. The van der Waals surface area contributed by atoms with E-state index in [9.17, 15) is 4.79 Å². The predicted molar refractivity (Wildman–Crippen MR) is 122 cm³/mol. The average molecular weight is 460 g/mol. The summed E-state index contributed by atoms with van der Waals surface area (Å²) >= 11 is 3.39. The van der Waals surface area contributed by atoms with Gasteiger partial charge in [0.15, 0.2) is 0 Å². The van der Waals surface area contributed by atoms with Gasteiger partial charge in [-0.25, -0.2) is 0 Å². The number of hydrogen-bond acceptors (Lipinski definition) is 4. The van der Waals surface area contributed by atoms with Gasteiger partial charge in [-0.3, -0.25) is 4.79 Å². The van der Waals surface area contributed by atoms with Crippen LogP contribution in [0.5, 0.6) is 5.75 Å². The zero-order valence-electron chi connectivity index (χ0n) is 17.5. The molecular formula is C23H30BrN3O2. The Balaban J connectivity index is 1.60. The number of ether oxygens (including phenoxy) is 1. The molecule has 1 unspecified atom stereocenters. The first-order valence-electron chi connectivity index (χ1n) is 10.1. The highest BCUT2D eigenvalue weighted by Gasteiger charge is 2.19. The fourth-order valence-corrected chi connectivity index (χ4v) is 3.84. The topological polar surface area (TPSA) is 44.8 Å². The minimum Gasteiger partial charge on any atom is -0.495 e. The highest BCUT2D eigenvalue weighted by atomic mass is 79.9. The van der Waals surface area contributed by atoms with E-state index in [4.69, 9.17) is 4.74 Å². The molecule has 156 valence electrons. The predicted octanol–water partition coefficient (Wildman–Crippen LogP) is 4.13. The summed E-state index contributed by atoms with van der Waals surface area (Å²) in [7, 11) is 3.89. The average Bonchev–Trinajstić information content (AvgIpc) is 2.74. The minimum absolute atomic E-state index is 0.0300. The summed E-state index contributed by atoms with van der Waals surface area (Å²) in [6.07, 6.45) is 0.886. The standard InChI is InChI=1S/C23H30BrN3O2/c1-17(10-11-25-23(28)18-4-7-20(24)8-5-18)19-6-9-22(29-3)21(16-19)27-14-12-26(2)13-15-27/h4-9,16-17H,10-15H2,1-3H3,(H,25,28). The third-order valence-corrected chi connectivity index (χ3v) is 6.11. The lowest BCUT2D eigenvalue weighted by molar-refractivity contribution is 0.0952. The van der Waals surface area contributed by atoms with Crippen LogP contribution >= 0.6 is 15.9 Å². The van der Waals surface area contributed by atoms with E-state index in [1.165, 1.54) is 11.3 Å². The van der Waals surface area contributed by atoms with Gasteiger partial charge in [-0.2, -0.15) is 0 Å². The molecule has 1 fully saturated rings. The molecule has 2 aromatic carbocycles. The van der Waals surface area contributed by atoms with E-state index >= 15 is 0 Å². The Morgan fingerprint density at radius 2 is 1.83 bits per heavy atom. The van der Waals surface area contributed by atoms with Crippen molar-refractivity contribution in [3.8, 4) is 5.75 Å². The number of nitrogens with zero attached hydrogens (tertiary/aromatic N) is 2. The van der Waals surface area contributed by atoms with Crippen molar-refractivity contribution in [3.05, 3.63) is 58.1 Å². The fourth-order valence-electron chi connectivity index (χ4n) is 3.58. The van der Waals surface area contributed by atoms with Crippen LogP contribution in [0.3, 0.4) is 0 Å². The molecule has 3 rings (SSSR count). The molecule has 6 heteroatoms. The van der Waals surface area contributed by atoms with Gasteiger partial charge in [0.2, 0.25) is 0 Å². The lowest BCUT2D eigenvalue weighted by atomic mass is 9.96. The van der Waals surface area contributed by atoms with Crippen LogP contribution in [-0.2, 0) is 0 Å². The summed E-state index contributed by atoms with van der Waals surface area (Å²) in [5.41, 5.74) is 3.13. The second kappa shape index (κ2) is 10.1. The number of amides is 1. The monoisotopic (exact) mass is 459 g/mol. The summed E-state index contributed by atoms with van der Waals surface area (Å²) in [6, 6.07) is 13.9. The molecule has 1 amide bonds. The maximum absolute atomic E-state index is 12.3. The summed E-state index contributed by atoms with van der Waals surface area (Å²) in [4.78, 5) is 17.0. The lowest BCUT2D eigenvalue weighted by Crippen LogP contribution is -2.44. The van der Waals surface area contributed by atoms with Crippen LogP contribution in [0.2, 0.25) is 0 Å². The fraction of sp³-hybridized carbons (Fsp3) is 0.435. The molecule has 0 bridgehead atoms. The third kappa shape index (κ3) is 5.73. The van der Waals surface area contributed by atoms with Gasteiger partial charge in [0.25, 0.3) is 5.91 Å². The third-order valence-electron chi connectivity index (χ3n) is 5.59. The van der Waals surface area contributed by atoms with Crippen LogP contribution in [0.25, 0.3) is 0 Å². The normalized spacial score (nSPS) is 15.8. The number of anilines is 1. The Kier molecular flexibility index (Phi) is 7.56.